The van der Waals surface area contributed by atoms with E-state index in [4.69, 9.17) is 0 Å². The van der Waals surface area contributed by atoms with Crippen LogP contribution in [0.2, 0.25) is 0 Å². The predicted molar refractivity (Wildman–Crippen MR) is 57.1 cm³/mol. The van der Waals surface area contributed by atoms with Crippen molar-refractivity contribution in [1.29, 1.82) is 0 Å². The molecular weight excluding hydrogens is 192 g/mol. The van der Waals surface area contributed by atoms with Crippen molar-refractivity contribution in [3.8, 4) is 0 Å². The van der Waals surface area contributed by atoms with E-state index in [1.165, 1.54) is 0 Å². The van der Waals surface area contributed by atoms with E-state index in [2.05, 4.69) is 5.43 Å². The zero-order valence-electron chi connectivity index (χ0n) is 8.60. The smallest absolute Gasteiger partial charge is 0.240 e. The lowest BCUT2D eigenvalue weighted by Gasteiger charge is -2.24. The van der Waals surface area contributed by atoms with Crippen LogP contribution in [0.3, 0.4) is 0 Å². The molecular formula is C11H14N2O2. The van der Waals surface area contributed by atoms with E-state index in [9.17, 15) is 9.90 Å². The fourth-order valence-electron chi connectivity index (χ4n) is 1.83. The predicted octanol–water partition coefficient (Wildman–Crippen LogP) is 0.809. The topological polar surface area (TPSA) is 52.6 Å². The van der Waals surface area contributed by atoms with Crippen molar-refractivity contribution in [2.75, 3.05) is 5.01 Å². The Labute approximate surface area is 88.5 Å². The van der Waals surface area contributed by atoms with Gasteiger partial charge in [-0.05, 0) is 13.0 Å². The zero-order chi connectivity index (χ0) is 10.8. The van der Waals surface area contributed by atoms with Crippen LogP contribution in [0.15, 0.2) is 24.3 Å². The largest absolute Gasteiger partial charge is 0.392 e. The number of nitrogens with zero attached hydrogens (tertiary/aromatic N) is 1. The number of hydrogen-bond acceptors (Lipinski definition) is 3. The first kappa shape index (κ1) is 9.98. The van der Waals surface area contributed by atoms with Crippen LogP contribution >= 0.6 is 0 Å². The van der Waals surface area contributed by atoms with Crippen LogP contribution in [0.25, 0.3) is 0 Å². The van der Waals surface area contributed by atoms with Crippen LogP contribution < -0.4 is 10.4 Å². The highest BCUT2D eigenvalue weighted by Crippen LogP contribution is 2.24. The highest BCUT2D eigenvalue weighted by Gasteiger charge is 2.27. The summed E-state index contributed by atoms with van der Waals surface area (Å²) >= 11 is 0. The average Bonchev–Trinajstić information content (AvgIpc) is 2.57. The third kappa shape index (κ3) is 1.80. The minimum absolute atomic E-state index is 0.0186. The van der Waals surface area contributed by atoms with Crippen molar-refractivity contribution in [2.24, 2.45) is 0 Å². The Hall–Kier alpha value is -1.55. The first-order chi connectivity index (χ1) is 7.22. The molecule has 1 aromatic rings. The Morgan fingerprint density at radius 1 is 1.53 bits per heavy atom. The molecule has 0 bridgehead atoms. The van der Waals surface area contributed by atoms with Gasteiger partial charge in [-0.3, -0.25) is 15.2 Å². The number of nitrogens with one attached hydrogen (secondary N) is 1. The molecule has 1 aliphatic rings. The Morgan fingerprint density at radius 3 is 2.87 bits per heavy atom. The van der Waals surface area contributed by atoms with Gasteiger partial charge in [-0.1, -0.05) is 18.2 Å². The molecule has 0 aliphatic carbocycles. The van der Waals surface area contributed by atoms with Gasteiger partial charge >= 0.3 is 0 Å². The lowest BCUT2D eigenvalue weighted by Crippen LogP contribution is -2.37. The van der Waals surface area contributed by atoms with E-state index < -0.39 is 0 Å². The Bertz CT molecular complexity index is 379. The van der Waals surface area contributed by atoms with Crippen molar-refractivity contribution in [1.82, 2.24) is 5.43 Å². The molecule has 0 aromatic heterocycles. The number of benzene rings is 1. The maximum atomic E-state index is 11.2. The molecule has 1 saturated heterocycles. The Balaban J connectivity index is 2.32. The van der Waals surface area contributed by atoms with Gasteiger partial charge in [0.05, 0.1) is 24.8 Å². The van der Waals surface area contributed by atoms with E-state index in [-0.39, 0.29) is 18.6 Å². The van der Waals surface area contributed by atoms with E-state index in [1.807, 2.05) is 36.2 Å². The van der Waals surface area contributed by atoms with Crippen LogP contribution in [0, 0.1) is 0 Å². The van der Waals surface area contributed by atoms with Gasteiger partial charge in [0.2, 0.25) is 5.91 Å². The highest BCUT2D eigenvalue weighted by atomic mass is 16.3. The summed E-state index contributed by atoms with van der Waals surface area (Å²) in [6.45, 7) is 1.96. The van der Waals surface area contributed by atoms with Crippen LogP contribution in [0.4, 0.5) is 5.69 Å². The lowest BCUT2D eigenvalue weighted by atomic mass is 10.1. The Kier molecular flexibility index (Phi) is 2.60. The molecule has 80 valence electrons. The average molecular weight is 206 g/mol. The van der Waals surface area contributed by atoms with Crippen LogP contribution in [-0.4, -0.2) is 17.1 Å². The second-order valence-corrected chi connectivity index (χ2v) is 3.74. The van der Waals surface area contributed by atoms with Crippen molar-refractivity contribution in [3.05, 3.63) is 29.8 Å². The summed E-state index contributed by atoms with van der Waals surface area (Å²) in [5.41, 5.74) is 4.48. The molecule has 0 saturated carbocycles. The van der Waals surface area contributed by atoms with Crippen LogP contribution in [0.5, 0.6) is 0 Å². The molecule has 1 aliphatic heterocycles. The summed E-state index contributed by atoms with van der Waals surface area (Å²) in [4.78, 5) is 11.2. The first-order valence-electron chi connectivity index (χ1n) is 5.00. The number of aliphatic hydroxyl groups is 1. The fraction of sp³-hybridized carbons (Fsp3) is 0.364. The molecule has 0 radical (unpaired) electrons. The molecule has 15 heavy (non-hydrogen) atoms. The van der Waals surface area contributed by atoms with Gasteiger partial charge < -0.3 is 5.11 Å². The molecule has 4 heteroatoms. The molecule has 1 fully saturated rings. The van der Waals surface area contributed by atoms with Gasteiger partial charge in [-0.25, -0.2) is 0 Å². The number of amides is 1. The third-order valence-electron chi connectivity index (χ3n) is 2.59. The summed E-state index contributed by atoms with van der Waals surface area (Å²) in [6, 6.07) is 7.65. The van der Waals surface area contributed by atoms with Gasteiger partial charge in [0, 0.05) is 5.56 Å². The summed E-state index contributed by atoms with van der Waals surface area (Å²) in [5.74, 6) is 0.0234. The van der Waals surface area contributed by atoms with Crippen molar-refractivity contribution in [3.63, 3.8) is 0 Å². The van der Waals surface area contributed by atoms with Gasteiger partial charge in [-0.2, -0.15) is 0 Å². The van der Waals surface area contributed by atoms with E-state index in [0.29, 0.717) is 6.42 Å². The quantitative estimate of drug-likeness (QED) is 0.752. The zero-order valence-corrected chi connectivity index (χ0v) is 8.60. The molecule has 2 N–H and O–H groups in total. The summed E-state index contributed by atoms with van der Waals surface area (Å²) in [6.07, 6.45) is 0.500. The molecule has 0 spiro atoms. The third-order valence-corrected chi connectivity index (χ3v) is 2.59. The number of carbonyl (C=O) groups is 1. The molecule has 1 unspecified atom stereocenters. The van der Waals surface area contributed by atoms with E-state index in [0.717, 1.165) is 11.3 Å². The van der Waals surface area contributed by atoms with Gasteiger partial charge in [-0.15, -0.1) is 0 Å². The fourth-order valence-corrected chi connectivity index (χ4v) is 1.83. The number of para-hydroxylation sites is 1. The summed E-state index contributed by atoms with van der Waals surface area (Å²) in [7, 11) is 0. The summed E-state index contributed by atoms with van der Waals surface area (Å²) < 4.78 is 0. The van der Waals surface area contributed by atoms with Gasteiger partial charge in [0.25, 0.3) is 0 Å². The number of aliphatic hydroxyl groups excluding tert-OH is 1. The highest BCUT2D eigenvalue weighted by molar-refractivity contribution is 5.82. The number of hydrogen-bond donors (Lipinski definition) is 2. The summed E-state index contributed by atoms with van der Waals surface area (Å²) in [5, 5.41) is 11.0. The first-order valence-corrected chi connectivity index (χ1v) is 5.00. The number of carbonyl (C=O) groups excluding carboxylic acids is 1. The van der Waals surface area contributed by atoms with E-state index in [1.54, 1.807) is 0 Å². The number of hydrazine groups is 1. The second kappa shape index (κ2) is 3.90. The van der Waals surface area contributed by atoms with Gasteiger partial charge in [0.1, 0.15) is 0 Å². The lowest BCUT2D eigenvalue weighted by molar-refractivity contribution is -0.119. The van der Waals surface area contributed by atoms with Crippen molar-refractivity contribution in [2.45, 2.75) is 26.0 Å². The molecule has 1 aromatic carbocycles. The van der Waals surface area contributed by atoms with Crippen LogP contribution in [-0.2, 0) is 11.4 Å². The number of rotatable bonds is 2. The standard InChI is InChI=1S/C11H14N2O2/c1-8-6-11(15)12-13(8)10-5-3-2-4-9(10)7-14/h2-5,8,14H,6-7H2,1H3,(H,12,15). The molecule has 1 heterocycles. The van der Waals surface area contributed by atoms with Crippen molar-refractivity contribution >= 4 is 11.6 Å². The van der Waals surface area contributed by atoms with E-state index >= 15 is 0 Å². The molecule has 1 amide bonds. The Morgan fingerprint density at radius 2 is 2.27 bits per heavy atom. The van der Waals surface area contributed by atoms with Crippen molar-refractivity contribution < 1.29 is 9.90 Å². The normalized spacial score (nSPS) is 20.5. The molecule has 2 rings (SSSR count). The second-order valence-electron chi connectivity index (χ2n) is 3.74. The molecule has 1 atom stereocenters. The molecule has 4 nitrogen and oxygen atoms in total. The van der Waals surface area contributed by atoms with Gasteiger partial charge in [0.15, 0.2) is 0 Å². The maximum Gasteiger partial charge on any atom is 0.240 e. The minimum Gasteiger partial charge on any atom is -0.392 e. The van der Waals surface area contributed by atoms with Crippen LogP contribution in [0.1, 0.15) is 18.9 Å². The minimum atomic E-state index is -0.0186. The number of anilines is 1. The SMILES string of the molecule is CC1CC(=O)NN1c1ccccc1CO. The monoisotopic (exact) mass is 206 g/mol. The maximum absolute atomic E-state index is 11.2.